The molecule has 1 unspecified atom stereocenters. The van der Waals surface area contributed by atoms with Gasteiger partial charge in [-0.3, -0.25) is 4.79 Å². The van der Waals surface area contributed by atoms with Crippen LogP contribution in [0.15, 0.2) is 24.3 Å². The summed E-state index contributed by atoms with van der Waals surface area (Å²) >= 11 is 5.91. The zero-order chi connectivity index (χ0) is 22.1. The molecule has 3 aliphatic rings. The van der Waals surface area contributed by atoms with Crippen molar-refractivity contribution in [1.82, 2.24) is 24.6 Å². The molecule has 32 heavy (non-hydrogen) atoms. The van der Waals surface area contributed by atoms with Crippen LogP contribution in [0.1, 0.15) is 42.9 Å². The number of aryl methyl sites for hydroxylation is 1. The number of urea groups is 1. The van der Waals surface area contributed by atoms with Crippen LogP contribution in [-0.2, 0) is 16.0 Å². The summed E-state index contributed by atoms with van der Waals surface area (Å²) in [4.78, 5) is 29.5. The highest BCUT2D eigenvalue weighted by atomic mass is 35.5. The van der Waals surface area contributed by atoms with E-state index < -0.39 is 0 Å². The molecule has 3 aliphatic heterocycles. The Morgan fingerprint density at radius 1 is 0.969 bits per heavy atom. The van der Waals surface area contributed by atoms with E-state index in [4.69, 9.17) is 16.3 Å². The topological polar surface area (TPSA) is 92.6 Å². The highest BCUT2D eigenvalue weighted by Gasteiger charge is 2.38. The zero-order valence-electron chi connectivity index (χ0n) is 17.9. The van der Waals surface area contributed by atoms with Crippen molar-refractivity contribution in [2.75, 3.05) is 44.7 Å². The minimum atomic E-state index is -0.223. The van der Waals surface area contributed by atoms with Crippen LogP contribution < -0.4 is 5.32 Å². The molecule has 2 aromatic rings. The summed E-state index contributed by atoms with van der Waals surface area (Å²) in [6.45, 7) is 3.74. The number of amides is 3. The second-order valence-corrected chi connectivity index (χ2v) is 8.97. The maximum absolute atomic E-state index is 13.2. The Morgan fingerprint density at radius 2 is 1.69 bits per heavy atom. The van der Waals surface area contributed by atoms with Crippen LogP contribution in [0.3, 0.4) is 0 Å². The quantitative estimate of drug-likeness (QED) is 0.763. The molecule has 10 heteroatoms. The van der Waals surface area contributed by atoms with E-state index in [-0.39, 0.29) is 23.9 Å². The fourth-order valence-corrected chi connectivity index (χ4v) is 4.95. The number of anilines is 1. The van der Waals surface area contributed by atoms with Gasteiger partial charge in [-0.15, -0.1) is 10.2 Å². The van der Waals surface area contributed by atoms with E-state index in [0.29, 0.717) is 44.4 Å². The lowest BCUT2D eigenvalue weighted by molar-refractivity contribution is -0.138. The summed E-state index contributed by atoms with van der Waals surface area (Å²) in [6, 6.07) is 6.75. The van der Waals surface area contributed by atoms with Gasteiger partial charge in [0.25, 0.3) is 0 Å². The lowest BCUT2D eigenvalue weighted by Gasteiger charge is -2.33. The van der Waals surface area contributed by atoms with Gasteiger partial charge in [0.2, 0.25) is 5.91 Å². The first-order valence-electron chi connectivity index (χ1n) is 11.2. The van der Waals surface area contributed by atoms with E-state index in [1.54, 1.807) is 24.3 Å². The van der Waals surface area contributed by atoms with Gasteiger partial charge in [-0.25, -0.2) is 4.79 Å². The molecule has 1 aromatic heterocycles. The standard InChI is InChI=1S/C22H27ClN6O3/c23-16-1-3-17(4-2-16)24-22(31)28-9-7-15(8-10-28)20-26-25-19-6-5-18(29(19)20)21(30)27-11-13-32-14-12-27/h1-4,15,18H,5-14H2,(H,24,31). The van der Waals surface area contributed by atoms with Gasteiger partial charge in [0.05, 0.1) is 13.2 Å². The van der Waals surface area contributed by atoms with Gasteiger partial charge < -0.3 is 24.4 Å². The molecule has 0 bridgehead atoms. The molecule has 1 atom stereocenters. The minimum absolute atomic E-state index is 0.113. The number of carbonyl (C=O) groups is 2. The number of hydrogen-bond acceptors (Lipinski definition) is 5. The lowest BCUT2D eigenvalue weighted by atomic mass is 9.95. The van der Waals surface area contributed by atoms with Crippen molar-refractivity contribution in [1.29, 1.82) is 0 Å². The minimum Gasteiger partial charge on any atom is -0.378 e. The van der Waals surface area contributed by atoms with Crippen molar-refractivity contribution in [2.24, 2.45) is 0 Å². The Labute approximate surface area is 191 Å². The molecule has 1 N–H and O–H groups in total. The molecule has 170 valence electrons. The Kier molecular flexibility index (Phi) is 6.01. The number of piperidine rings is 1. The first-order chi connectivity index (χ1) is 15.6. The molecular weight excluding hydrogens is 432 g/mol. The maximum Gasteiger partial charge on any atom is 0.321 e. The number of likely N-dealkylation sites (tertiary alicyclic amines) is 1. The van der Waals surface area contributed by atoms with Crippen molar-refractivity contribution in [3.05, 3.63) is 40.9 Å². The second-order valence-electron chi connectivity index (χ2n) is 8.53. The molecule has 0 spiro atoms. The van der Waals surface area contributed by atoms with E-state index in [2.05, 4.69) is 20.1 Å². The van der Waals surface area contributed by atoms with Crippen LogP contribution in [0.4, 0.5) is 10.5 Å². The number of morpholine rings is 1. The number of aromatic nitrogens is 3. The van der Waals surface area contributed by atoms with Gasteiger partial charge in [0.1, 0.15) is 17.7 Å². The van der Waals surface area contributed by atoms with E-state index in [1.807, 2.05) is 9.80 Å². The molecule has 0 saturated carbocycles. The highest BCUT2D eigenvalue weighted by Crippen LogP contribution is 2.35. The Morgan fingerprint density at radius 3 is 2.41 bits per heavy atom. The molecule has 1 aromatic carbocycles. The summed E-state index contributed by atoms with van der Waals surface area (Å²) < 4.78 is 7.46. The van der Waals surface area contributed by atoms with Gasteiger partial charge in [-0.2, -0.15) is 0 Å². The van der Waals surface area contributed by atoms with Gasteiger partial charge in [-0.05, 0) is 43.5 Å². The Bertz CT molecular complexity index is 980. The van der Waals surface area contributed by atoms with E-state index in [1.165, 1.54) is 0 Å². The smallest absolute Gasteiger partial charge is 0.321 e. The number of rotatable bonds is 3. The summed E-state index contributed by atoms with van der Waals surface area (Å²) in [5.41, 5.74) is 0.723. The van der Waals surface area contributed by atoms with E-state index in [9.17, 15) is 9.59 Å². The number of nitrogens with zero attached hydrogens (tertiary/aromatic N) is 5. The summed E-state index contributed by atoms with van der Waals surface area (Å²) in [6.07, 6.45) is 3.14. The highest BCUT2D eigenvalue weighted by molar-refractivity contribution is 6.30. The monoisotopic (exact) mass is 458 g/mol. The SMILES string of the molecule is O=C(Nc1ccc(Cl)cc1)N1CCC(c2nnc3n2C(C(=O)N2CCOCC2)CC3)CC1. The zero-order valence-corrected chi connectivity index (χ0v) is 18.6. The number of benzene rings is 1. The molecule has 9 nitrogen and oxygen atoms in total. The van der Waals surface area contributed by atoms with E-state index in [0.717, 1.165) is 43.0 Å². The molecule has 5 rings (SSSR count). The fourth-order valence-electron chi connectivity index (χ4n) is 4.83. The molecule has 0 aliphatic carbocycles. The van der Waals surface area contributed by atoms with Gasteiger partial charge in [-0.1, -0.05) is 11.6 Å². The summed E-state index contributed by atoms with van der Waals surface area (Å²) in [7, 11) is 0. The molecular formula is C22H27ClN6O3. The predicted molar refractivity (Wildman–Crippen MR) is 119 cm³/mol. The Balaban J connectivity index is 1.23. The summed E-state index contributed by atoms with van der Waals surface area (Å²) in [5.74, 6) is 2.12. The van der Waals surface area contributed by atoms with Crippen LogP contribution in [0, 0.1) is 0 Å². The second kappa shape index (κ2) is 9.07. The Hall–Kier alpha value is -2.65. The molecule has 2 fully saturated rings. The first kappa shape index (κ1) is 21.2. The molecule has 4 heterocycles. The predicted octanol–water partition coefficient (Wildman–Crippen LogP) is 2.69. The van der Waals surface area contributed by atoms with Gasteiger partial charge in [0.15, 0.2) is 0 Å². The van der Waals surface area contributed by atoms with Crippen LogP contribution in [0.25, 0.3) is 0 Å². The number of ether oxygens (including phenoxy) is 1. The third-order valence-electron chi connectivity index (χ3n) is 6.60. The van der Waals surface area contributed by atoms with Crippen molar-refractivity contribution in [3.8, 4) is 0 Å². The van der Waals surface area contributed by atoms with Crippen molar-refractivity contribution >= 4 is 29.2 Å². The van der Waals surface area contributed by atoms with Crippen molar-refractivity contribution in [3.63, 3.8) is 0 Å². The van der Waals surface area contributed by atoms with Crippen LogP contribution >= 0.6 is 11.6 Å². The third kappa shape index (κ3) is 4.19. The van der Waals surface area contributed by atoms with E-state index >= 15 is 0 Å². The van der Waals surface area contributed by atoms with Crippen molar-refractivity contribution < 1.29 is 14.3 Å². The number of carbonyl (C=O) groups excluding carboxylic acids is 2. The maximum atomic E-state index is 13.2. The number of hydrogen-bond donors (Lipinski definition) is 1. The number of fused-ring (bicyclic) bond motifs is 1. The van der Waals surface area contributed by atoms with Crippen molar-refractivity contribution in [2.45, 2.75) is 37.6 Å². The normalized spacial score (nSPS) is 21.5. The van der Waals surface area contributed by atoms with Gasteiger partial charge in [0, 0.05) is 49.2 Å². The lowest BCUT2D eigenvalue weighted by Crippen LogP contribution is -2.44. The fraction of sp³-hybridized carbons (Fsp3) is 0.545. The van der Waals surface area contributed by atoms with Crippen LogP contribution in [-0.4, -0.2) is 75.9 Å². The molecule has 2 saturated heterocycles. The summed E-state index contributed by atoms with van der Waals surface area (Å²) in [5, 5.41) is 12.4. The molecule has 0 radical (unpaired) electrons. The number of halogens is 1. The average molecular weight is 459 g/mol. The van der Waals surface area contributed by atoms with Crippen LogP contribution in [0.5, 0.6) is 0 Å². The van der Waals surface area contributed by atoms with Gasteiger partial charge >= 0.3 is 6.03 Å². The first-order valence-corrected chi connectivity index (χ1v) is 11.6. The van der Waals surface area contributed by atoms with Crippen LogP contribution in [0.2, 0.25) is 5.02 Å². The average Bonchev–Trinajstić information content (AvgIpc) is 3.43. The third-order valence-corrected chi connectivity index (χ3v) is 6.85. The largest absolute Gasteiger partial charge is 0.378 e. The number of nitrogens with one attached hydrogen (secondary N) is 1. The molecule has 3 amide bonds.